The van der Waals surface area contributed by atoms with Gasteiger partial charge in [0.05, 0.1) is 17.9 Å². The molecule has 0 aliphatic heterocycles. The van der Waals surface area contributed by atoms with Crippen LogP contribution in [0.15, 0.2) is 29.2 Å². The first-order valence-corrected chi connectivity index (χ1v) is 9.26. The minimum atomic E-state index is -3.64. The Bertz CT molecular complexity index is 597. The lowest BCUT2D eigenvalue weighted by Crippen LogP contribution is -2.27. The number of carboxylic acids is 1. The highest BCUT2D eigenvalue weighted by molar-refractivity contribution is 7.89. The summed E-state index contributed by atoms with van der Waals surface area (Å²) in [6.45, 7) is 0.115. The summed E-state index contributed by atoms with van der Waals surface area (Å²) in [6, 6.07) is 5.63. The second-order valence-corrected chi connectivity index (χ2v) is 7.46. The molecule has 0 heterocycles. The molecule has 21 heavy (non-hydrogen) atoms. The summed E-state index contributed by atoms with van der Waals surface area (Å²) >= 11 is 0. The molecule has 0 spiro atoms. The third kappa shape index (κ3) is 6.69. The molecule has 0 bridgehead atoms. The van der Waals surface area contributed by atoms with Crippen molar-refractivity contribution in [2.75, 3.05) is 25.2 Å². The van der Waals surface area contributed by atoms with E-state index < -0.39 is 26.8 Å². The van der Waals surface area contributed by atoms with Crippen molar-refractivity contribution in [3.05, 3.63) is 24.3 Å². The molecule has 0 aliphatic rings. The molecule has 0 fully saturated rings. The van der Waals surface area contributed by atoms with Crippen LogP contribution in [0, 0.1) is 0 Å². The fourth-order valence-corrected chi connectivity index (χ4v) is 2.92. The first-order chi connectivity index (χ1) is 9.81. The number of rotatable bonds is 9. The second kappa shape index (κ2) is 8.11. The van der Waals surface area contributed by atoms with Gasteiger partial charge in [-0.05, 0) is 24.3 Å². The Morgan fingerprint density at radius 3 is 2.48 bits per heavy atom. The number of hydrogen-bond donors (Lipinski definition) is 2. The number of aliphatic carboxylic acids is 1. The summed E-state index contributed by atoms with van der Waals surface area (Å²) in [6.07, 6.45) is 1.37. The predicted molar refractivity (Wildman–Crippen MR) is 78.3 cm³/mol. The maximum atomic E-state index is 11.9. The standard InChI is InChI=1S/C12H17NO6S2/c1-20(16)9-7-13-21(17,18)11-4-2-10(3-5-11)19-8-6-12(14)15/h2-5,13H,6-9H2,1H3,(H,14,15). The van der Waals surface area contributed by atoms with E-state index in [0.29, 0.717) is 5.75 Å². The van der Waals surface area contributed by atoms with Crippen LogP contribution in [-0.2, 0) is 25.6 Å². The van der Waals surface area contributed by atoms with Gasteiger partial charge in [-0.15, -0.1) is 0 Å². The minimum absolute atomic E-state index is 0.0159. The van der Waals surface area contributed by atoms with Gasteiger partial charge in [-0.3, -0.25) is 9.00 Å². The zero-order valence-corrected chi connectivity index (χ0v) is 13.1. The number of ether oxygens (including phenoxy) is 1. The molecule has 1 unspecified atom stereocenters. The van der Waals surface area contributed by atoms with Gasteiger partial charge in [0.1, 0.15) is 5.75 Å². The smallest absolute Gasteiger partial charge is 0.306 e. The minimum Gasteiger partial charge on any atom is -0.493 e. The van der Waals surface area contributed by atoms with Crippen molar-refractivity contribution in [3.63, 3.8) is 0 Å². The van der Waals surface area contributed by atoms with E-state index in [1.165, 1.54) is 30.5 Å². The molecule has 0 radical (unpaired) electrons. The maximum Gasteiger partial charge on any atom is 0.306 e. The average molecular weight is 335 g/mol. The summed E-state index contributed by atoms with van der Waals surface area (Å²) < 4.78 is 42.2. The zero-order chi connectivity index (χ0) is 15.9. The molecular weight excluding hydrogens is 318 g/mol. The Morgan fingerprint density at radius 2 is 1.95 bits per heavy atom. The highest BCUT2D eigenvalue weighted by Gasteiger charge is 2.13. The molecule has 118 valence electrons. The van der Waals surface area contributed by atoms with E-state index in [9.17, 15) is 17.4 Å². The number of benzene rings is 1. The molecule has 0 aromatic heterocycles. The van der Waals surface area contributed by atoms with Gasteiger partial charge in [0.25, 0.3) is 0 Å². The van der Waals surface area contributed by atoms with E-state index in [2.05, 4.69) is 4.72 Å². The Hall–Kier alpha value is -1.45. The summed E-state index contributed by atoms with van der Waals surface area (Å²) in [5, 5.41) is 8.47. The molecule has 1 aromatic rings. The SMILES string of the molecule is CS(=O)CCNS(=O)(=O)c1ccc(OCCC(=O)O)cc1. The van der Waals surface area contributed by atoms with E-state index in [-0.39, 0.29) is 30.2 Å². The fraction of sp³-hybridized carbons (Fsp3) is 0.417. The van der Waals surface area contributed by atoms with Gasteiger partial charge in [0.15, 0.2) is 0 Å². The van der Waals surface area contributed by atoms with Crippen molar-refractivity contribution in [2.24, 2.45) is 0 Å². The number of sulfonamides is 1. The summed E-state index contributed by atoms with van der Waals surface area (Å²) in [7, 11) is -4.70. The highest BCUT2D eigenvalue weighted by Crippen LogP contribution is 2.15. The van der Waals surface area contributed by atoms with Crippen LogP contribution in [-0.4, -0.2) is 48.9 Å². The largest absolute Gasteiger partial charge is 0.493 e. The third-order valence-corrected chi connectivity index (χ3v) is 4.66. The summed E-state index contributed by atoms with van der Waals surface area (Å²) in [5.41, 5.74) is 0. The van der Waals surface area contributed by atoms with Crippen molar-refractivity contribution in [2.45, 2.75) is 11.3 Å². The van der Waals surface area contributed by atoms with Gasteiger partial charge in [0, 0.05) is 29.4 Å². The van der Waals surface area contributed by atoms with E-state index in [1.807, 2.05) is 0 Å². The Balaban J connectivity index is 2.59. The molecular formula is C12H17NO6S2. The fourth-order valence-electron chi connectivity index (χ4n) is 1.37. The van der Waals surface area contributed by atoms with Crippen molar-refractivity contribution in [1.82, 2.24) is 4.72 Å². The van der Waals surface area contributed by atoms with Crippen LogP contribution in [0.3, 0.4) is 0 Å². The van der Waals surface area contributed by atoms with Crippen molar-refractivity contribution in [1.29, 1.82) is 0 Å². The van der Waals surface area contributed by atoms with Gasteiger partial charge in [0.2, 0.25) is 10.0 Å². The van der Waals surface area contributed by atoms with Gasteiger partial charge in [-0.1, -0.05) is 0 Å². The number of hydrogen-bond acceptors (Lipinski definition) is 5. The first kappa shape index (κ1) is 17.6. The molecule has 1 aromatic carbocycles. The van der Waals surface area contributed by atoms with E-state index in [0.717, 1.165) is 0 Å². The van der Waals surface area contributed by atoms with E-state index >= 15 is 0 Å². The average Bonchev–Trinajstić information content (AvgIpc) is 2.38. The highest BCUT2D eigenvalue weighted by atomic mass is 32.2. The van der Waals surface area contributed by atoms with Crippen LogP contribution in [0.4, 0.5) is 0 Å². The molecule has 1 rings (SSSR count). The normalized spacial score (nSPS) is 12.8. The van der Waals surface area contributed by atoms with Crippen LogP contribution < -0.4 is 9.46 Å². The monoisotopic (exact) mass is 335 g/mol. The van der Waals surface area contributed by atoms with Gasteiger partial charge in [-0.2, -0.15) is 0 Å². The van der Waals surface area contributed by atoms with Crippen LogP contribution >= 0.6 is 0 Å². The first-order valence-electron chi connectivity index (χ1n) is 6.05. The van der Waals surface area contributed by atoms with Gasteiger partial charge in [-0.25, -0.2) is 13.1 Å². The molecule has 0 amide bonds. The number of carbonyl (C=O) groups is 1. The molecule has 9 heteroatoms. The van der Waals surface area contributed by atoms with Gasteiger partial charge >= 0.3 is 5.97 Å². The maximum absolute atomic E-state index is 11.9. The zero-order valence-electron chi connectivity index (χ0n) is 11.4. The van der Waals surface area contributed by atoms with Crippen LogP contribution in [0.2, 0.25) is 0 Å². The van der Waals surface area contributed by atoms with E-state index in [1.54, 1.807) is 0 Å². The molecule has 0 saturated carbocycles. The van der Waals surface area contributed by atoms with Gasteiger partial charge < -0.3 is 9.84 Å². The van der Waals surface area contributed by atoms with Crippen LogP contribution in [0.25, 0.3) is 0 Å². The predicted octanol–water partition coefficient (Wildman–Crippen LogP) is 0.197. The van der Waals surface area contributed by atoms with Crippen LogP contribution in [0.5, 0.6) is 5.75 Å². The quantitative estimate of drug-likeness (QED) is 0.667. The molecule has 2 N–H and O–H groups in total. The lowest BCUT2D eigenvalue weighted by atomic mass is 10.3. The van der Waals surface area contributed by atoms with Crippen molar-refractivity contribution < 1.29 is 27.3 Å². The van der Waals surface area contributed by atoms with E-state index in [4.69, 9.17) is 9.84 Å². The topological polar surface area (TPSA) is 110 Å². The molecule has 0 aliphatic carbocycles. The molecule has 1 atom stereocenters. The van der Waals surface area contributed by atoms with Crippen molar-refractivity contribution >= 4 is 26.8 Å². The third-order valence-electron chi connectivity index (χ3n) is 2.40. The van der Waals surface area contributed by atoms with Crippen molar-refractivity contribution in [3.8, 4) is 5.75 Å². The Labute approximate surface area is 125 Å². The lowest BCUT2D eigenvalue weighted by Gasteiger charge is -2.08. The second-order valence-electron chi connectivity index (χ2n) is 4.14. The summed E-state index contributed by atoms with van der Waals surface area (Å²) in [4.78, 5) is 10.4. The van der Waals surface area contributed by atoms with Crippen LogP contribution in [0.1, 0.15) is 6.42 Å². The molecule has 7 nitrogen and oxygen atoms in total. The lowest BCUT2D eigenvalue weighted by molar-refractivity contribution is -0.137. The Morgan fingerprint density at radius 1 is 1.33 bits per heavy atom. The Kier molecular flexibility index (Phi) is 6.79. The number of nitrogens with one attached hydrogen (secondary N) is 1. The molecule has 0 saturated heterocycles. The summed E-state index contributed by atoms with van der Waals surface area (Å²) in [5.74, 6) is -0.327. The number of carboxylic acid groups (broad SMARTS) is 1.